The summed E-state index contributed by atoms with van der Waals surface area (Å²) in [7, 11) is 1.53. The van der Waals surface area contributed by atoms with E-state index < -0.39 is 5.82 Å². The third-order valence-electron chi connectivity index (χ3n) is 4.67. The highest BCUT2D eigenvalue weighted by Gasteiger charge is 2.12. The minimum atomic E-state index is -0.564. The molecule has 0 atom stereocenters. The summed E-state index contributed by atoms with van der Waals surface area (Å²) in [6.07, 6.45) is 6.65. The van der Waals surface area contributed by atoms with Crippen molar-refractivity contribution in [2.24, 2.45) is 0 Å². The number of carbonyl (C=O) groups excluding carboxylic acids is 2. The standard InChI is InChI=1S/C25H24FN3O3/c1-3-19-7-4-5-9-22(19)28-24(30)17-29(2)25(31)13-11-18-10-12-23(21(26)15-18)32-20-8-6-14-27-16-20/h4-16H,3,17H2,1-2H3,(H,28,30)/b13-11+. The van der Waals surface area contributed by atoms with Crippen molar-refractivity contribution in [2.45, 2.75) is 13.3 Å². The molecule has 2 amide bonds. The van der Waals surface area contributed by atoms with Crippen LogP contribution in [0.25, 0.3) is 6.08 Å². The van der Waals surface area contributed by atoms with Crippen molar-refractivity contribution in [2.75, 3.05) is 18.9 Å². The molecule has 0 unspecified atom stereocenters. The summed E-state index contributed by atoms with van der Waals surface area (Å²) in [5.74, 6) is -0.752. The highest BCUT2D eigenvalue weighted by molar-refractivity contribution is 5.98. The van der Waals surface area contributed by atoms with Gasteiger partial charge in [0.05, 0.1) is 12.7 Å². The van der Waals surface area contributed by atoms with E-state index in [0.717, 1.165) is 17.7 Å². The van der Waals surface area contributed by atoms with Gasteiger partial charge in [0.25, 0.3) is 0 Å². The van der Waals surface area contributed by atoms with Crippen LogP contribution >= 0.6 is 0 Å². The smallest absolute Gasteiger partial charge is 0.246 e. The molecule has 1 aromatic heterocycles. The van der Waals surface area contributed by atoms with Crippen molar-refractivity contribution in [3.63, 3.8) is 0 Å². The molecule has 0 aliphatic rings. The van der Waals surface area contributed by atoms with Crippen LogP contribution in [-0.4, -0.2) is 35.3 Å². The predicted molar refractivity (Wildman–Crippen MR) is 122 cm³/mol. The molecule has 0 spiro atoms. The summed E-state index contributed by atoms with van der Waals surface area (Å²) < 4.78 is 19.8. The number of carbonyl (C=O) groups is 2. The van der Waals surface area contributed by atoms with E-state index >= 15 is 0 Å². The SMILES string of the molecule is CCc1ccccc1NC(=O)CN(C)C(=O)/C=C/c1ccc(Oc2cccnc2)c(F)c1. The van der Waals surface area contributed by atoms with Gasteiger partial charge in [-0.05, 0) is 54.0 Å². The molecular weight excluding hydrogens is 409 g/mol. The summed E-state index contributed by atoms with van der Waals surface area (Å²) >= 11 is 0. The van der Waals surface area contributed by atoms with E-state index in [4.69, 9.17) is 4.74 Å². The number of aromatic nitrogens is 1. The third kappa shape index (κ3) is 6.25. The number of likely N-dealkylation sites (N-methyl/N-ethyl adjacent to an activating group) is 1. The fraction of sp³-hybridized carbons (Fsp3) is 0.160. The first-order valence-corrected chi connectivity index (χ1v) is 10.1. The Labute approximate surface area is 186 Å². The van der Waals surface area contributed by atoms with Gasteiger partial charge >= 0.3 is 0 Å². The van der Waals surface area contributed by atoms with Crippen LogP contribution in [0.2, 0.25) is 0 Å². The van der Waals surface area contributed by atoms with Gasteiger partial charge in [0, 0.05) is 25.0 Å². The van der Waals surface area contributed by atoms with Crippen molar-refractivity contribution in [3.05, 3.63) is 90.0 Å². The molecule has 164 valence electrons. The molecule has 0 bridgehead atoms. The number of pyridine rings is 1. The van der Waals surface area contributed by atoms with Crippen LogP contribution in [0.5, 0.6) is 11.5 Å². The Morgan fingerprint density at radius 2 is 1.97 bits per heavy atom. The van der Waals surface area contributed by atoms with Gasteiger partial charge in [0.15, 0.2) is 11.6 Å². The van der Waals surface area contributed by atoms with E-state index in [0.29, 0.717) is 11.3 Å². The average molecular weight is 433 g/mol. The average Bonchev–Trinajstić information content (AvgIpc) is 2.80. The first-order chi connectivity index (χ1) is 15.5. The molecule has 0 fully saturated rings. The highest BCUT2D eigenvalue weighted by atomic mass is 19.1. The van der Waals surface area contributed by atoms with Crippen LogP contribution in [0, 0.1) is 5.82 Å². The van der Waals surface area contributed by atoms with Crippen molar-refractivity contribution in [3.8, 4) is 11.5 Å². The number of nitrogens with one attached hydrogen (secondary N) is 1. The van der Waals surface area contributed by atoms with Gasteiger partial charge in [-0.3, -0.25) is 14.6 Å². The second-order valence-electron chi connectivity index (χ2n) is 7.07. The maximum atomic E-state index is 14.3. The minimum Gasteiger partial charge on any atom is -0.453 e. The monoisotopic (exact) mass is 433 g/mol. The van der Waals surface area contributed by atoms with Crippen molar-refractivity contribution in [1.82, 2.24) is 9.88 Å². The lowest BCUT2D eigenvalue weighted by molar-refractivity contribution is -0.129. The van der Waals surface area contributed by atoms with E-state index in [1.54, 1.807) is 24.4 Å². The Morgan fingerprint density at radius 3 is 2.69 bits per heavy atom. The molecule has 0 aliphatic heterocycles. The number of nitrogens with zero attached hydrogens (tertiary/aromatic N) is 2. The Hall–Kier alpha value is -4.00. The van der Waals surface area contributed by atoms with Gasteiger partial charge < -0.3 is 15.0 Å². The topological polar surface area (TPSA) is 71.5 Å². The molecule has 32 heavy (non-hydrogen) atoms. The quantitative estimate of drug-likeness (QED) is 0.524. The van der Waals surface area contributed by atoms with E-state index in [2.05, 4.69) is 10.3 Å². The molecule has 3 aromatic rings. The number of halogens is 1. The van der Waals surface area contributed by atoms with E-state index in [9.17, 15) is 14.0 Å². The Balaban J connectivity index is 1.57. The molecular formula is C25H24FN3O3. The largest absolute Gasteiger partial charge is 0.453 e. The Morgan fingerprint density at radius 1 is 1.16 bits per heavy atom. The van der Waals surface area contributed by atoms with Gasteiger partial charge in [-0.2, -0.15) is 0 Å². The van der Waals surface area contributed by atoms with Crippen LogP contribution in [0.3, 0.4) is 0 Å². The Kier molecular flexibility index (Phi) is 7.70. The molecule has 6 nitrogen and oxygen atoms in total. The molecule has 0 radical (unpaired) electrons. The number of anilines is 1. The number of rotatable bonds is 8. The number of ether oxygens (including phenoxy) is 1. The second-order valence-corrected chi connectivity index (χ2v) is 7.07. The van der Waals surface area contributed by atoms with Gasteiger partial charge in [-0.1, -0.05) is 31.2 Å². The molecule has 2 aromatic carbocycles. The summed E-state index contributed by atoms with van der Waals surface area (Å²) in [4.78, 5) is 29.9. The summed E-state index contributed by atoms with van der Waals surface area (Å²) in [5.41, 5.74) is 2.25. The van der Waals surface area contributed by atoms with E-state index in [-0.39, 0.29) is 24.1 Å². The summed E-state index contributed by atoms with van der Waals surface area (Å²) in [6.45, 7) is 1.90. The third-order valence-corrected chi connectivity index (χ3v) is 4.67. The zero-order valence-corrected chi connectivity index (χ0v) is 17.9. The summed E-state index contributed by atoms with van der Waals surface area (Å²) in [6, 6.07) is 15.3. The first kappa shape index (κ1) is 22.7. The van der Waals surface area contributed by atoms with Crippen LogP contribution in [0.4, 0.5) is 10.1 Å². The lowest BCUT2D eigenvalue weighted by Crippen LogP contribution is -2.34. The molecule has 1 heterocycles. The van der Waals surface area contributed by atoms with Crippen LogP contribution < -0.4 is 10.1 Å². The zero-order chi connectivity index (χ0) is 22.9. The molecule has 7 heteroatoms. The number of para-hydroxylation sites is 1. The van der Waals surface area contributed by atoms with Crippen LogP contribution in [0.1, 0.15) is 18.1 Å². The lowest BCUT2D eigenvalue weighted by Gasteiger charge is -2.16. The van der Waals surface area contributed by atoms with E-state index in [1.165, 1.54) is 42.4 Å². The van der Waals surface area contributed by atoms with Crippen molar-refractivity contribution >= 4 is 23.6 Å². The second kappa shape index (κ2) is 10.9. The summed E-state index contributed by atoms with van der Waals surface area (Å²) in [5, 5.41) is 2.83. The molecule has 1 N–H and O–H groups in total. The number of amides is 2. The van der Waals surface area contributed by atoms with Crippen molar-refractivity contribution < 1.29 is 18.7 Å². The highest BCUT2D eigenvalue weighted by Crippen LogP contribution is 2.25. The Bertz CT molecular complexity index is 1120. The minimum absolute atomic E-state index is 0.0580. The molecule has 0 saturated carbocycles. The fourth-order valence-corrected chi connectivity index (χ4v) is 2.97. The van der Waals surface area contributed by atoms with Crippen molar-refractivity contribution in [1.29, 1.82) is 0 Å². The fourth-order valence-electron chi connectivity index (χ4n) is 2.97. The maximum absolute atomic E-state index is 14.3. The molecule has 3 rings (SSSR count). The molecule has 0 saturated heterocycles. The van der Waals surface area contributed by atoms with Gasteiger partial charge in [0.1, 0.15) is 5.75 Å². The number of hydrogen-bond donors (Lipinski definition) is 1. The lowest BCUT2D eigenvalue weighted by atomic mass is 10.1. The zero-order valence-electron chi connectivity index (χ0n) is 17.9. The van der Waals surface area contributed by atoms with Gasteiger partial charge in [0.2, 0.25) is 11.8 Å². The van der Waals surface area contributed by atoms with Crippen LogP contribution in [0.15, 0.2) is 73.1 Å². The number of hydrogen-bond acceptors (Lipinski definition) is 4. The number of aryl methyl sites for hydroxylation is 1. The first-order valence-electron chi connectivity index (χ1n) is 10.1. The normalized spacial score (nSPS) is 10.7. The van der Waals surface area contributed by atoms with Crippen LogP contribution in [-0.2, 0) is 16.0 Å². The van der Waals surface area contributed by atoms with E-state index in [1.807, 2.05) is 31.2 Å². The predicted octanol–water partition coefficient (Wildman–Crippen LogP) is 4.69. The van der Waals surface area contributed by atoms with Gasteiger partial charge in [-0.25, -0.2) is 4.39 Å². The number of benzene rings is 2. The maximum Gasteiger partial charge on any atom is 0.246 e. The van der Waals surface area contributed by atoms with Gasteiger partial charge in [-0.15, -0.1) is 0 Å². The molecule has 0 aliphatic carbocycles.